The topological polar surface area (TPSA) is 35.5 Å². The van der Waals surface area contributed by atoms with Gasteiger partial charge in [0.15, 0.2) is 0 Å². The van der Waals surface area contributed by atoms with E-state index in [1.165, 1.54) is 0 Å². The Hall–Kier alpha value is -0.320. The molecule has 0 amide bonds. The predicted molar refractivity (Wildman–Crippen MR) is 91.3 cm³/mol. The second kappa shape index (κ2) is 10.4. The van der Waals surface area contributed by atoms with Gasteiger partial charge in [-0.05, 0) is 37.6 Å². The zero-order valence-electron chi connectivity index (χ0n) is 12.9. The quantitative estimate of drug-likeness (QED) is 0.685. The molecule has 0 saturated heterocycles. The van der Waals surface area contributed by atoms with Crippen molar-refractivity contribution in [3.8, 4) is 0 Å². The maximum Gasteiger partial charge on any atom is 0.0640 e. The van der Waals surface area contributed by atoms with Crippen LogP contribution in [0, 0.1) is 0 Å². The highest BCUT2D eigenvalue weighted by atomic mass is 35.5. The van der Waals surface area contributed by atoms with Crippen molar-refractivity contribution in [3.63, 3.8) is 0 Å². The molecule has 1 unspecified atom stereocenters. The Morgan fingerprint density at radius 3 is 2.57 bits per heavy atom. The zero-order chi connectivity index (χ0) is 15.7. The van der Waals surface area contributed by atoms with E-state index in [1.54, 1.807) is 0 Å². The van der Waals surface area contributed by atoms with Gasteiger partial charge >= 0.3 is 0 Å². The van der Waals surface area contributed by atoms with Crippen molar-refractivity contribution in [2.45, 2.75) is 32.7 Å². The molecule has 1 aromatic carbocycles. The van der Waals surface area contributed by atoms with Gasteiger partial charge in [0.2, 0.25) is 0 Å². The van der Waals surface area contributed by atoms with Gasteiger partial charge in [-0.25, -0.2) is 0 Å². The Kier molecular flexibility index (Phi) is 9.29. The van der Waals surface area contributed by atoms with Crippen molar-refractivity contribution in [3.05, 3.63) is 33.8 Å². The minimum Gasteiger partial charge on any atom is -0.395 e. The standard InChI is InChI=1S/C16H26Cl2N2O/c1-3-9-20(11-12-21)10-8-15(19-4-2)13-6-5-7-14(17)16(13)18/h5-7,15,19,21H,3-4,8-12H2,1-2H3. The Morgan fingerprint density at radius 1 is 1.19 bits per heavy atom. The molecule has 0 aliphatic rings. The molecule has 120 valence electrons. The molecule has 1 aromatic rings. The highest BCUT2D eigenvalue weighted by Crippen LogP contribution is 2.31. The Morgan fingerprint density at radius 2 is 1.95 bits per heavy atom. The second-order valence-electron chi connectivity index (χ2n) is 5.11. The van der Waals surface area contributed by atoms with Crippen LogP contribution in [0.4, 0.5) is 0 Å². The summed E-state index contributed by atoms with van der Waals surface area (Å²) in [5, 5.41) is 13.8. The normalized spacial score (nSPS) is 12.9. The minimum atomic E-state index is 0.180. The fourth-order valence-corrected chi connectivity index (χ4v) is 2.95. The number of nitrogens with zero attached hydrogens (tertiary/aromatic N) is 1. The molecule has 2 N–H and O–H groups in total. The summed E-state index contributed by atoms with van der Waals surface area (Å²) in [5.41, 5.74) is 1.05. The Balaban J connectivity index is 2.75. The summed E-state index contributed by atoms with van der Waals surface area (Å²) in [6.45, 7) is 7.96. The third-order valence-electron chi connectivity index (χ3n) is 3.50. The van der Waals surface area contributed by atoms with Crippen molar-refractivity contribution in [1.29, 1.82) is 0 Å². The van der Waals surface area contributed by atoms with Gasteiger partial charge in [0.1, 0.15) is 0 Å². The summed E-state index contributed by atoms with van der Waals surface area (Å²) in [6.07, 6.45) is 2.03. The van der Waals surface area contributed by atoms with Crippen molar-refractivity contribution in [1.82, 2.24) is 10.2 Å². The van der Waals surface area contributed by atoms with E-state index in [9.17, 15) is 0 Å². The number of nitrogens with one attached hydrogen (secondary N) is 1. The Bertz CT molecular complexity index is 409. The summed E-state index contributed by atoms with van der Waals surface area (Å²) in [7, 11) is 0. The first-order chi connectivity index (χ1) is 10.1. The van der Waals surface area contributed by atoms with E-state index >= 15 is 0 Å². The van der Waals surface area contributed by atoms with Crippen molar-refractivity contribution in [2.24, 2.45) is 0 Å². The van der Waals surface area contributed by atoms with Gasteiger partial charge < -0.3 is 15.3 Å². The average molecular weight is 333 g/mol. The lowest BCUT2D eigenvalue weighted by Gasteiger charge is -2.25. The maximum absolute atomic E-state index is 9.13. The van der Waals surface area contributed by atoms with Gasteiger partial charge in [0.05, 0.1) is 16.7 Å². The first-order valence-electron chi connectivity index (χ1n) is 7.64. The molecule has 5 heteroatoms. The molecule has 0 spiro atoms. The van der Waals surface area contributed by atoms with Crippen LogP contribution in [0.3, 0.4) is 0 Å². The number of hydrogen-bond donors (Lipinski definition) is 2. The van der Waals surface area contributed by atoms with Crippen LogP contribution in [0.15, 0.2) is 18.2 Å². The van der Waals surface area contributed by atoms with Crippen LogP contribution in [0.5, 0.6) is 0 Å². The molecule has 0 aliphatic heterocycles. The highest BCUT2D eigenvalue weighted by Gasteiger charge is 2.16. The number of hydrogen-bond acceptors (Lipinski definition) is 3. The van der Waals surface area contributed by atoms with Gasteiger partial charge in [-0.3, -0.25) is 0 Å². The molecule has 0 radical (unpaired) electrons. The molecule has 0 aliphatic carbocycles. The van der Waals surface area contributed by atoms with Crippen LogP contribution in [-0.4, -0.2) is 42.8 Å². The lowest BCUT2D eigenvalue weighted by molar-refractivity contribution is 0.189. The molecule has 1 rings (SSSR count). The lowest BCUT2D eigenvalue weighted by atomic mass is 10.0. The molecule has 0 aromatic heterocycles. The van der Waals surface area contributed by atoms with E-state index in [0.717, 1.165) is 44.6 Å². The fourth-order valence-electron chi connectivity index (χ4n) is 2.51. The molecule has 0 bridgehead atoms. The Labute approximate surface area is 138 Å². The predicted octanol–water partition coefficient (Wildman–Crippen LogP) is 3.74. The van der Waals surface area contributed by atoms with Gasteiger partial charge in [-0.2, -0.15) is 0 Å². The van der Waals surface area contributed by atoms with E-state index < -0.39 is 0 Å². The van der Waals surface area contributed by atoms with E-state index in [-0.39, 0.29) is 12.6 Å². The summed E-state index contributed by atoms with van der Waals surface area (Å²) >= 11 is 12.5. The molecule has 1 atom stereocenters. The highest BCUT2D eigenvalue weighted by molar-refractivity contribution is 6.42. The SMILES string of the molecule is CCCN(CCO)CCC(NCC)c1cccc(Cl)c1Cl. The summed E-state index contributed by atoms with van der Waals surface area (Å²) in [6, 6.07) is 5.95. The fraction of sp³-hybridized carbons (Fsp3) is 0.625. The first-order valence-corrected chi connectivity index (χ1v) is 8.40. The van der Waals surface area contributed by atoms with E-state index in [0.29, 0.717) is 10.0 Å². The van der Waals surface area contributed by atoms with Crippen molar-refractivity contribution in [2.75, 3.05) is 32.8 Å². The van der Waals surface area contributed by atoms with Crippen LogP contribution in [0.25, 0.3) is 0 Å². The molecule has 0 heterocycles. The van der Waals surface area contributed by atoms with E-state index in [1.807, 2.05) is 18.2 Å². The first kappa shape index (κ1) is 18.7. The number of aliphatic hydroxyl groups excluding tert-OH is 1. The molecular formula is C16H26Cl2N2O. The number of benzene rings is 1. The largest absolute Gasteiger partial charge is 0.395 e. The summed E-state index contributed by atoms with van der Waals surface area (Å²) < 4.78 is 0. The molecule has 0 saturated carbocycles. The third-order valence-corrected chi connectivity index (χ3v) is 4.33. The number of aliphatic hydroxyl groups is 1. The van der Waals surface area contributed by atoms with Crippen LogP contribution in [0.2, 0.25) is 10.0 Å². The monoisotopic (exact) mass is 332 g/mol. The van der Waals surface area contributed by atoms with Crippen LogP contribution >= 0.6 is 23.2 Å². The van der Waals surface area contributed by atoms with Gasteiger partial charge in [0.25, 0.3) is 0 Å². The smallest absolute Gasteiger partial charge is 0.0640 e. The molecule has 21 heavy (non-hydrogen) atoms. The van der Waals surface area contributed by atoms with E-state index in [4.69, 9.17) is 28.3 Å². The van der Waals surface area contributed by atoms with Crippen LogP contribution in [0.1, 0.15) is 38.3 Å². The lowest BCUT2D eigenvalue weighted by Crippen LogP contribution is -2.32. The second-order valence-corrected chi connectivity index (χ2v) is 5.89. The minimum absolute atomic E-state index is 0.180. The maximum atomic E-state index is 9.13. The molecule has 3 nitrogen and oxygen atoms in total. The summed E-state index contributed by atoms with van der Waals surface area (Å²) in [5.74, 6) is 0. The van der Waals surface area contributed by atoms with Gasteiger partial charge in [-0.15, -0.1) is 0 Å². The van der Waals surface area contributed by atoms with Gasteiger partial charge in [0, 0.05) is 19.1 Å². The van der Waals surface area contributed by atoms with Gasteiger partial charge in [-0.1, -0.05) is 49.2 Å². The number of halogens is 2. The number of rotatable bonds is 10. The van der Waals surface area contributed by atoms with Crippen LogP contribution < -0.4 is 5.32 Å². The van der Waals surface area contributed by atoms with Crippen molar-refractivity contribution < 1.29 is 5.11 Å². The van der Waals surface area contributed by atoms with Crippen LogP contribution in [-0.2, 0) is 0 Å². The van der Waals surface area contributed by atoms with E-state index in [2.05, 4.69) is 24.1 Å². The zero-order valence-corrected chi connectivity index (χ0v) is 14.4. The average Bonchev–Trinajstić information content (AvgIpc) is 2.47. The molecular weight excluding hydrogens is 307 g/mol. The summed E-state index contributed by atoms with van der Waals surface area (Å²) in [4.78, 5) is 2.28. The van der Waals surface area contributed by atoms with Crippen molar-refractivity contribution >= 4 is 23.2 Å². The molecule has 0 fully saturated rings. The third kappa shape index (κ3) is 6.13.